The van der Waals surface area contributed by atoms with Crippen molar-refractivity contribution in [1.29, 1.82) is 0 Å². The molecule has 0 aliphatic carbocycles. The molecule has 2 aromatic carbocycles. The third-order valence-electron chi connectivity index (χ3n) is 3.14. The molecule has 0 fully saturated rings. The minimum Gasteiger partial charge on any atom is -0.497 e. The molecule has 6 heteroatoms. The molecule has 0 amide bonds. The average molecular weight is 318 g/mol. The van der Waals surface area contributed by atoms with Crippen LogP contribution in [0.5, 0.6) is 11.5 Å². The molecular weight excluding hydrogens is 303 g/mol. The third kappa shape index (κ3) is 3.85. The van der Waals surface area contributed by atoms with Crippen LogP contribution in [0.4, 0.5) is 4.39 Å². The van der Waals surface area contributed by atoms with Crippen LogP contribution in [-0.2, 0) is 4.74 Å². The minimum atomic E-state index is -0.899. The van der Waals surface area contributed by atoms with Crippen molar-refractivity contribution >= 4 is 11.8 Å². The number of ketones is 1. The number of ether oxygens (including phenoxy) is 3. The SMILES string of the molecule is COc1ccc(C(=O)COC(=O)c2ccccc2F)c(OC)c1. The molecule has 5 nitrogen and oxygen atoms in total. The summed E-state index contributed by atoms with van der Waals surface area (Å²) in [6.07, 6.45) is 0. The Morgan fingerprint density at radius 3 is 2.39 bits per heavy atom. The van der Waals surface area contributed by atoms with Crippen LogP contribution in [0.1, 0.15) is 20.7 Å². The van der Waals surface area contributed by atoms with Crippen molar-refractivity contribution in [2.75, 3.05) is 20.8 Å². The summed E-state index contributed by atoms with van der Waals surface area (Å²) < 4.78 is 28.5. The van der Waals surface area contributed by atoms with Crippen LogP contribution in [-0.4, -0.2) is 32.6 Å². The number of carbonyl (C=O) groups excluding carboxylic acids is 2. The lowest BCUT2D eigenvalue weighted by molar-refractivity contribution is 0.0469. The number of methoxy groups -OCH3 is 2. The largest absolute Gasteiger partial charge is 0.497 e. The number of Topliss-reactive ketones (excluding diaryl/α,β-unsaturated/α-hetero) is 1. The van der Waals surface area contributed by atoms with Crippen molar-refractivity contribution in [2.24, 2.45) is 0 Å². The maximum atomic E-state index is 13.5. The van der Waals surface area contributed by atoms with E-state index in [1.165, 1.54) is 38.5 Å². The Morgan fingerprint density at radius 2 is 1.74 bits per heavy atom. The van der Waals surface area contributed by atoms with Crippen molar-refractivity contribution < 1.29 is 28.2 Å². The Kier molecular flexibility index (Phi) is 5.30. The van der Waals surface area contributed by atoms with Crippen LogP contribution in [0.15, 0.2) is 42.5 Å². The van der Waals surface area contributed by atoms with Gasteiger partial charge >= 0.3 is 5.97 Å². The summed E-state index contributed by atoms with van der Waals surface area (Å²) in [5, 5.41) is 0. The fourth-order valence-corrected chi connectivity index (χ4v) is 1.94. The lowest BCUT2D eigenvalue weighted by atomic mass is 10.1. The molecule has 0 saturated heterocycles. The van der Waals surface area contributed by atoms with E-state index >= 15 is 0 Å². The van der Waals surface area contributed by atoms with Gasteiger partial charge in [-0.3, -0.25) is 4.79 Å². The molecule has 0 radical (unpaired) electrons. The summed E-state index contributed by atoms with van der Waals surface area (Å²) in [4.78, 5) is 23.9. The molecule has 0 aliphatic heterocycles. The molecule has 0 N–H and O–H groups in total. The Hall–Kier alpha value is -2.89. The van der Waals surface area contributed by atoms with E-state index in [1.54, 1.807) is 12.1 Å². The summed E-state index contributed by atoms with van der Waals surface area (Å²) in [7, 11) is 2.91. The molecule has 23 heavy (non-hydrogen) atoms. The van der Waals surface area contributed by atoms with Crippen LogP contribution >= 0.6 is 0 Å². The van der Waals surface area contributed by atoms with Crippen molar-refractivity contribution in [3.05, 3.63) is 59.4 Å². The zero-order valence-electron chi connectivity index (χ0n) is 12.7. The van der Waals surface area contributed by atoms with Gasteiger partial charge in [0, 0.05) is 6.07 Å². The molecule has 0 bridgehead atoms. The summed E-state index contributed by atoms with van der Waals surface area (Å²) in [6, 6.07) is 10.0. The summed E-state index contributed by atoms with van der Waals surface area (Å²) in [6.45, 7) is -0.518. The van der Waals surface area contributed by atoms with Crippen molar-refractivity contribution in [3.63, 3.8) is 0 Å². The number of halogens is 1. The minimum absolute atomic E-state index is 0.220. The second-order valence-electron chi connectivity index (χ2n) is 4.55. The van der Waals surface area contributed by atoms with E-state index < -0.39 is 24.2 Å². The highest BCUT2D eigenvalue weighted by atomic mass is 19.1. The smallest absolute Gasteiger partial charge is 0.341 e. The maximum absolute atomic E-state index is 13.5. The molecule has 0 spiro atoms. The fraction of sp³-hybridized carbons (Fsp3) is 0.176. The van der Waals surface area contributed by atoms with Crippen LogP contribution in [0.3, 0.4) is 0 Å². The lowest BCUT2D eigenvalue weighted by Gasteiger charge is -2.10. The topological polar surface area (TPSA) is 61.8 Å². The number of carbonyl (C=O) groups is 2. The molecule has 2 rings (SSSR count). The lowest BCUT2D eigenvalue weighted by Crippen LogP contribution is -2.16. The van der Waals surface area contributed by atoms with E-state index in [4.69, 9.17) is 14.2 Å². The second-order valence-corrected chi connectivity index (χ2v) is 4.55. The van der Waals surface area contributed by atoms with E-state index in [2.05, 4.69) is 0 Å². The maximum Gasteiger partial charge on any atom is 0.341 e. The first-order valence-corrected chi connectivity index (χ1v) is 6.73. The monoisotopic (exact) mass is 318 g/mol. The molecule has 2 aromatic rings. The van der Waals surface area contributed by atoms with Gasteiger partial charge in [0.25, 0.3) is 0 Å². The molecule has 0 atom stereocenters. The van der Waals surface area contributed by atoms with E-state index in [-0.39, 0.29) is 11.1 Å². The van der Waals surface area contributed by atoms with Crippen LogP contribution in [0, 0.1) is 5.82 Å². The molecular formula is C17H15FO5. The Labute approximate surface area is 132 Å². The van der Waals surface area contributed by atoms with Gasteiger partial charge in [0.1, 0.15) is 17.3 Å². The number of rotatable bonds is 6. The normalized spacial score (nSPS) is 10.0. The van der Waals surface area contributed by atoms with E-state index in [0.29, 0.717) is 11.5 Å². The highest BCUT2D eigenvalue weighted by Gasteiger charge is 2.17. The Bertz CT molecular complexity index is 727. The van der Waals surface area contributed by atoms with Crippen LogP contribution < -0.4 is 9.47 Å². The first-order valence-electron chi connectivity index (χ1n) is 6.73. The van der Waals surface area contributed by atoms with Crippen molar-refractivity contribution in [3.8, 4) is 11.5 Å². The summed E-state index contributed by atoms with van der Waals surface area (Å²) in [5.74, 6) is -1.23. The number of hydrogen-bond donors (Lipinski definition) is 0. The summed E-state index contributed by atoms with van der Waals surface area (Å²) in [5.41, 5.74) is 0.0247. The molecule has 120 valence electrons. The van der Waals surface area contributed by atoms with Gasteiger partial charge in [0.15, 0.2) is 6.61 Å². The Balaban J connectivity index is 2.08. The third-order valence-corrected chi connectivity index (χ3v) is 3.14. The van der Waals surface area contributed by atoms with Gasteiger partial charge in [-0.15, -0.1) is 0 Å². The van der Waals surface area contributed by atoms with Crippen molar-refractivity contribution in [1.82, 2.24) is 0 Å². The summed E-state index contributed by atoms with van der Waals surface area (Å²) >= 11 is 0. The second kappa shape index (κ2) is 7.40. The number of hydrogen-bond acceptors (Lipinski definition) is 5. The molecule has 0 saturated carbocycles. The van der Waals surface area contributed by atoms with E-state index in [1.807, 2.05) is 0 Å². The van der Waals surface area contributed by atoms with Gasteiger partial charge in [-0.1, -0.05) is 12.1 Å². The zero-order chi connectivity index (χ0) is 16.8. The Morgan fingerprint density at radius 1 is 1.00 bits per heavy atom. The van der Waals surface area contributed by atoms with Crippen molar-refractivity contribution in [2.45, 2.75) is 0 Å². The molecule has 0 unspecified atom stereocenters. The van der Waals surface area contributed by atoms with E-state index in [0.717, 1.165) is 6.07 Å². The highest BCUT2D eigenvalue weighted by Crippen LogP contribution is 2.25. The first kappa shape index (κ1) is 16.5. The average Bonchev–Trinajstić information content (AvgIpc) is 2.59. The standard InChI is InChI=1S/C17H15FO5/c1-21-11-7-8-13(16(9-11)22-2)15(19)10-23-17(20)12-5-3-4-6-14(12)18/h3-9H,10H2,1-2H3. The van der Waals surface area contributed by atoms with Gasteiger partial charge < -0.3 is 14.2 Å². The van der Waals surface area contributed by atoms with Crippen LogP contribution in [0.2, 0.25) is 0 Å². The van der Waals surface area contributed by atoms with Gasteiger partial charge in [-0.05, 0) is 24.3 Å². The predicted octanol–water partition coefficient (Wildman–Crippen LogP) is 2.88. The van der Waals surface area contributed by atoms with Gasteiger partial charge in [0.05, 0.1) is 25.3 Å². The fourth-order valence-electron chi connectivity index (χ4n) is 1.94. The molecule has 0 heterocycles. The van der Waals surface area contributed by atoms with E-state index in [9.17, 15) is 14.0 Å². The van der Waals surface area contributed by atoms with Crippen LogP contribution in [0.25, 0.3) is 0 Å². The highest BCUT2D eigenvalue weighted by molar-refractivity contribution is 6.01. The van der Waals surface area contributed by atoms with Gasteiger partial charge in [-0.25, -0.2) is 9.18 Å². The first-order chi connectivity index (χ1) is 11.1. The predicted molar refractivity (Wildman–Crippen MR) is 80.6 cm³/mol. The van der Waals surface area contributed by atoms with Gasteiger partial charge in [0.2, 0.25) is 5.78 Å². The molecule has 0 aromatic heterocycles. The quantitative estimate of drug-likeness (QED) is 0.605. The molecule has 0 aliphatic rings. The zero-order valence-corrected chi connectivity index (χ0v) is 12.7. The number of benzene rings is 2. The van der Waals surface area contributed by atoms with Gasteiger partial charge in [-0.2, -0.15) is 0 Å². The number of esters is 1.